The maximum Gasteiger partial charge on any atom is 0.414 e. The van der Waals surface area contributed by atoms with Crippen LogP contribution in [-0.4, -0.2) is 49.6 Å². The summed E-state index contributed by atoms with van der Waals surface area (Å²) in [5.74, 6) is -1.50. The van der Waals surface area contributed by atoms with Gasteiger partial charge in [-0.1, -0.05) is 48.5 Å². The van der Waals surface area contributed by atoms with Crippen LogP contribution >= 0.6 is 0 Å². The van der Waals surface area contributed by atoms with Crippen LogP contribution in [0.4, 0.5) is 9.59 Å². The first-order valence-corrected chi connectivity index (χ1v) is 11.7. The molecule has 4 rings (SSSR count). The van der Waals surface area contributed by atoms with Gasteiger partial charge in [-0.05, 0) is 36.4 Å². The quantitative estimate of drug-likeness (QED) is 0.505. The molecule has 10 heteroatoms. The smallest absolute Gasteiger partial charge is 0.414 e. The molecule has 3 aromatic rings. The van der Waals surface area contributed by atoms with Crippen LogP contribution in [0.2, 0.25) is 0 Å². The van der Waals surface area contributed by atoms with E-state index in [-0.39, 0.29) is 29.7 Å². The Hall–Kier alpha value is -4.99. The number of hydrogen-bond donors (Lipinski definition) is 2. The summed E-state index contributed by atoms with van der Waals surface area (Å²) in [6.07, 6.45) is -2.12. The Balaban J connectivity index is 1.47. The molecule has 0 radical (unpaired) electrons. The van der Waals surface area contributed by atoms with E-state index in [1.807, 2.05) is 0 Å². The molecule has 0 saturated carbocycles. The number of rotatable bonds is 6. The van der Waals surface area contributed by atoms with Gasteiger partial charge in [0.2, 0.25) is 0 Å². The molecule has 0 atom stereocenters. The van der Waals surface area contributed by atoms with E-state index in [0.717, 1.165) is 0 Å². The molecule has 0 saturated heterocycles. The number of Topliss-reactive ketones (excluding diaryl/α,β-unsaturated/α-hetero) is 1. The molecule has 10 nitrogen and oxygen atoms in total. The molecule has 38 heavy (non-hydrogen) atoms. The molecule has 0 spiro atoms. The number of nitrogens with one attached hydrogen (secondary N) is 2. The number of imide groups is 2. The maximum atomic E-state index is 13.6. The van der Waals surface area contributed by atoms with Crippen molar-refractivity contribution < 1.29 is 38.2 Å². The van der Waals surface area contributed by atoms with Crippen molar-refractivity contribution in [2.75, 3.05) is 19.8 Å². The van der Waals surface area contributed by atoms with Crippen molar-refractivity contribution in [1.29, 1.82) is 0 Å². The third-order valence-corrected chi connectivity index (χ3v) is 5.91. The number of alkyl carbamates (subject to hydrolysis) is 2. The van der Waals surface area contributed by atoms with Crippen molar-refractivity contribution in [3.8, 4) is 5.75 Å². The summed E-state index contributed by atoms with van der Waals surface area (Å²) in [7, 11) is 0. The molecule has 3 aromatic carbocycles. The molecule has 0 fully saturated rings. The minimum atomic E-state index is -1.53. The largest absolute Gasteiger partial charge is 0.493 e. The molecular weight excluding hydrogens is 492 g/mol. The predicted molar refractivity (Wildman–Crippen MR) is 134 cm³/mol. The number of ketones is 1. The average Bonchev–Trinajstić information content (AvgIpc) is 3.08. The molecule has 0 aromatic heterocycles. The first-order chi connectivity index (χ1) is 18.4. The summed E-state index contributed by atoms with van der Waals surface area (Å²) in [6, 6.07) is 22.6. The Bertz CT molecular complexity index is 1270. The normalized spacial score (nSPS) is 13.6. The van der Waals surface area contributed by atoms with Crippen molar-refractivity contribution in [2.24, 2.45) is 5.41 Å². The zero-order valence-electron chi connectivity index (χ0n) is 20.2. The van der Waals surface area contributed by atoms with E-state index in [0.29, 0.717) is 5.75 Å². The molecule has 0 aliphatic carbocycles. The van der Waals surface area contributed by atoms with Crippen LogP contribution < -0.4 is 15.4 Å². The summed E-state index contributed by atoms with van der Waals surface area (Å²) in [5.41, 5.74) is -0.823. The fourth-order valence-electron chi connectivity index (χ4n) is 3.84. The van der Waals surface area contributed by atoms with E-state index in [2.05, 4.69) is 10.6 Å². The first kappa shape index (κ1) is 26.1. The lowest BCUT2D eigenvalue weighted by molar-refractivity contribution is 0.0200. The lowest BCUT2D eigenvalue weighted by Crippen LogP contribution is -2.45. The van der Waals surface area contributed by atoms with Crippen molar-refractivity contribution in [1.82, 2.24) is 10.6 Å². The van der Waals surface area contributed by atoms with Gasteiger partial charge in [0, 0.05) is 17.5 Å². The third-order valence-electron chi connectivity index (χ3n) is 5.91. The molecule has 1 aliphatic heterocycles. The Labute approximate surface area is 217 Å². The van der Waals surface area contributed by atoms with Gasteiger partial charge in [0.05, 0.1) is 12.2 Å². The van der Waals surface area contributed by atoms with Gasteiger partial charge in [-0.15, -0.1) is 0 Å². The molecule has 2 N–H and O–H groups in total. The van der Waals surface area contributed by atoms with E-state index >= 15 is 0 Å². The number of benzene rings is 3. The molecule has 1 aliphatic rings. The summed E-state index contributed by atoms with van der Waals surface area (Å²) >= 11 is 0. The van der Waals surface area contributed by atoms with Crippen LogP contribution in [-0.2, 0) is 9.47 Å². The number of carbonyl (C=O) groups is 5. The third kappa shape index (κ3) is 6.22. The standard InChI is InChI=1S/C28H24N2O8/c31-23-21-13-7-8-14-22(21)36-16-15-28(23,17-37-26(34)29-24(32)19-9-3-1-4-10-19)18-38-27(35)30-25(33)20-11-5-2-6-12-20/h1-14H,15-18H2,(H,29,32,34)(H,30,33,35). The van der Waals surface area contributed by atoms with E-state index in [1.165, 1.54) is 24.3 Å². The number of fused-ring (bicyclic) bond motifs is 1. The fraction of sp³-hybridized carbons (Fsp3) is 0.179. The van der Waals surface area contributed by atoms with Crippen LogP contribution in [0.15, 0.2) is 84.9 Å². The monoisotopic (exact) mass is 516 g/mol. The Morgan fingerprint density at radius 1 is 0.711 bits per heavy atom. The van der Waals surface area contributed by atoms with Gasteiger partial charge in [0.25, 0.3) is 11.8 Å². The van der Waals surface area contributed by atoms with Crippen LogP contribution in [0.5, 0.6) is 5.75 Å². The summed E-state index contributed by atoms with van der Waals surface area (Å²) in [6.45, 7) is -0.973. The van der Waals surface area contributed by atoms with Crippen LogP contribution in [0, 0.1) is 5.41 Å². The van der Waals surface area contributed by atoms with Crippen LogP contribution in [0.25, 0.3) is 0 Å². The highest BCUT2D eigenvalue weighted by Crippen LogP contribution is 2.35. The highest BCUT2D eigenvalue weighted by molar-refractivity contribution is 6.05. The minimum absolute atomic E-state index is 0.0281. The van der Waals surface area contributed by atoms with E-state index in [4.69, 9.17) is 14.2 Å². The molecule has 4 amide bonds. The maximum absolute atomic E-state index is 13.6. The number of hydrogen-bond acceptors (Lipinski definition) is 8. The van der Waals surface area contributed by atoms with Gasteiger partial charge in [0.1, 0.15) is 24.4 Å². The van der Waals surface area contributed by atoms with Gasteiger partial charge in [-0.25, -0.2) is 9.59 Å². The molecule has 0 bridgehead atoms. The average molecular weight is 517 g/mol. The Morgan fingerprint density at radius 3 is 1.71 bits per heavy atom. The van der Waals surface area contributed by atoms with Gasteiger partial charge >= 0.3 is 12.2 Å². The lowest BCUT2D eigenvalue weighted by atomic mass is 9.79. The van der Waals surface area contributed by atoms with Gasteiger partial charge in [-0.2, -0.15) is 0 Å². The first-order valence-electron chi connectivity index (χ1n) is 11.7. The molecule has 0 unspecified atom stereocenters. The topological polar surface area (TPSA) is 137 Å². The Morgan fingerprint density at radius 2 is 1.18 bits per heavy atom. The minimum Gasteiger partial charge on any atom is -0.493 e. The lowest BCUT2D eigenvalue weighted by Gasteiger charge is -2.29. The van der Waals surface area contributed by atoms with Crippen molar-refractivity contribution in [2.45, 2.75) is 6.42 Å². The summed E-state index contributed by atoms with van der Waals surface area (Å²) in [4.78, 5) is 63.1. The predicted octanol–water partition coefficient (Wildman–Crippen LogP) is 3.77. The SMILES string of the molecule is O=C(NC(=O)c1ccccc1)OCC1(COC(=O)NC(=O)c2ccccc2)CCOc2ccccc2C1=O. The second-order valence-electron chi connectivity index (χ2n) is 8.50. The number of para-hydroxylation sites is 1. The van der Waals surface area contributed by atoms with Crippen molar-refractivity contribution >= 4 is 29.8 Å². The van der Waals surface area contributed by atoms with Gasteiger partial charge < -0.3 is 14.2 Å². The highest BCUT2D eigenvalue weighted by atomic mass is 16.6. The second-order valence-corrected chi connectivity index (χ2v) is 8.50. The summed E-state index contributed by atoms with van der Waals surface area (Å²) < 4.78 is 16.2. The zero-order valence-corrected chi connectivity index (χ0v) is 20.2. The number of ether oxygens (including phenoxy) is 3. The van der Waals surface area contributed by atoms with Crippen molar-refractivity contribution in [3.05, 3.63) is 102 Å². The van der Waals surface area contributed by atoms with Gasteiger partial charge in [0.15, 0.2) is 5.78 Å². The molecule has 1 heterocycles. The van der Waals surface area contributed by atoms with Crippen LogP contribution in [0.1, 0.15) is 37.5 Å². The highest BCUT2D eigenvalue weighted by Gasteiger charge is 2.45. The molecular formula is C28H24N2O8. The number of amides is 4. The fourth-order valence-corrected chi connectivity index (χ4v) is 3.84. The van der Waals surface area contributed by atoms with E-state index < -0.39 is 48.4 Å². The summed E-state index contributed by atoms with van der Waals surface area (Å²) in [5, 5.41) is 4.21. The number of carbonyl (C=O) groups excluding carboxylic acids is 5. The molecule has 194 valence electrons. The van der Waals surface area contributed by atoms with Crippen molar-refractivity contribution in [3.63, 3.8) is 0 Å². The Kier molecular flexibility index (Phi) is 8.12. The second kappa shape index (κ2) is 11.8. The van der Waals surface area contributed by atoms with E-state index in [9.17, 15) is 24.0 Å². The van der Waals surface area contributed by atoms with Crippen LogP contribution in [0.3, 0.4) is 0 Å². The zero-order chi connectivity index (χ0) is 27.0. The van der Waals surface area contributed by atoms with E-state index in [1.54, 1.807) is 60.7 Å². The van der Waals surface area contributed by atoms with Gasteiger partial charge in [-0.3, -0.25) is 25.0 Å².